The first-order valence-electron chi connectivity index (χ1n) is 6.63. The van der Waals surface area contributed by atoms with Gasteiger partial charge in [-0.2, -0.15) is 5.10 Å². The molecule has 2 aromatic heterocycles. The van der Waals surface area contributed by atoms with Crippen LogP contribution in [0.5, 0.6) is 0 Å². The molecule has 0 saturated carbocycles. The molecule has 2 aromatic rings. The van der Waals surface area contributed by atoms with Gasteiger partial charge in [-0.25, -0.2) is 9.78 Å². The third-order valence-electron chi connectivity index (χ3n) is 3.05. The van der Waals surface area contributed by atoms with Crippen molar-refractivity contribution < 1.29 is 4.79 Å². The number of carbonyl (C=O) groups is 1. The fourth-order valence-electron chi connectivity index (χ4n) is 1.98. The van der Waals surface area contributed by atoms with Gasteiger partial charge in [-0.1, -0.05) is 0 Å². The van der Waals surface area contributed by atoms with Gasteiger partial charge in [0, 0.05) is 19.8 Å². The molecule has 0 radical (unpaired) electrons. The minimum absolute atomic E-state index is 0.323. The number of nitrogens with one attached hydrogen (secondary N) is 3. The molecule has 0 aliphatic carbocycles. The third-order valence-corrected chi connectivity index (χ3v) is 3.05. The number of pyridine rings is 1. The predicted octanol–water partition coefficient (Wildman–Crippen LogP) is 2.44. The van der Waals surface area contributed by atoms with Crippen molar-refractivity contribution in [3.8, 4) is 0 Å². The molecule has 0 aromatic carbocycles. The van der Waals surface area contributed by atoms with E-state index < -0.39 is 0 Å². The highest BCUT2D eigenvalue weighted by Crippen LogP contribution is 2.23. The average molecular weight is 288 g/mol. The number of aromatic nitrogens is 3. The summed E-state index contributed by atoms with van der Waals surface area (Å²) in [5.41, 5.74) is 3.81. The summed E-state index contributed by atoms with van der Waals surface area (Å²) in [5, 5.41) is 12.5. The van der Waals surface area contributed by atoms with Crippen LogP contribution in [-0.4, -0.2) is 35.3 Å². The van der Waals surface area contributed by atoms with Crippen LogP contribution in [0, 0.1) is 20.8 Å². The van der Waals surface area contributed by atoms with Gasteiger partial charge in [0.1, 0.15) is 0 Å². The standard InChI is InChI=1S/C14H20N6O/c1-8-6-7-11(13(15-8)20(4)5)16-14(21)17-12-9(2)18-19-10(12)3/h6-7H,1-5H3,(H,18,19)(H2,16,17,21). The van der Waals surface area contributed by atoms with Gasteiger partial charge in [0.15, 0.2) is 5.82 Å². The highest BCUT2D eigenvalue weighted by Gasteiger charge is 2.13. The Bertz CT molecular complexity index is 642. The maximum Gasteiger partial charge on any atom is 0.323 e. The van der Waals surface area contributed by atoms with E-state index in [1.165, 1.54) is 0 Å². The molecule has 0 spiro atoms. The lowest BCUT2D eigenvalue weighted by molar-refractivity contribution is 0.262. The monoisotopic (exact) mass is 288 g/mol. The second kappa shape index (κ2) is 5.82. The molecule has 0 atom stereocenters. The number of hydrogen-bond donors (Lipinski definition) is 3. The summed E-state index contributed by atoms with van der Waals surface area (Å²) in [5.74, 6) is 0.714. The molecule has 21 heavy (non-hydrogen) atoms. The molecule has 0 saturated heterocycles. The molecular formula is C14H20N6O. The Balaban J connectivity index is 2.17. The fraction of sp³-hybridized carbons (Fsp3) is 0.357. The number of H-pyrrole nitrogens is 1. The Labute approximate surface area is 123 Å². The van der Waals surface area contributed by atoms with Crippen molar-refractivity contribution in [2.24, 2.45) is 0 Å². The number of aryl methyl sites for hydroxylation is 3. The van der Waals surface area contributed by atoms with Crippen molar-refractivity contribution in [1.82, 2.24) is 15.2 Å². The zero-order chi connectivity index (χ0) is 15.6. The molecule has 2 amide bonds. The molecule has 0 fully saturated rings. The summed E-state index contributed by atoms with van der Waals surface area (Å²) in [7, 11) is 3.77. The normalized spacial score (nSPS) is 10.3. The number of aromatic amines is 1. The van der Waals surface area contributed by atoms with Crippen LogP contribution in [0.1, 0.15) is 17.1 Å². The maximum atomic E-state index is 12.1. The largest absolute Gasteiger partial charge is 0.361 e. The predicted molar refractivity (Wildman–Crippen MR) is 84.0 cm³/mol. The number of nitrogens with zero attached hydrogens (tertiary/aromatic N) is 3. The first-order chi connectivity index (χ1) is 9.88. The quantitative estimate of drug-likeness (QED) is 0.809. The zero-order valence-corrected chi connectivity index (χ0v) is 12.9. The fourth-order valence-corrected chi connectivity index (χ4v) is 1.98. The average Bonchev–Trinajstić information content (AvgIpc) is 2.72. The molecule has 2 rings (SSSR count). The van der Waals surface area contributed by atoms with Crippen LogP contribution >= 0.6 is 0 Å². The minimum Gasteiger partial charge on any atom is -0.361 e. The molecule has 0 aliphatic heterocycles. The van der Waals surface area contributed by atoms with Gasteiger partial charge in [0.25, 0.3) is 0 Å². The Kier molecular flexibility index (Phi) is 4.11. The first-order valence-corrected chi connectivity index (χ1v) is 6.63. The maximum absolute atomic E-state index is 12.1. The van der Waals surface area contributed by atoms with Crippen molar-refractivity contribution in [3.63, 3.8) is 0 Å². The van der Waals surface area contributed by atoms with Gasteiger partial charge in [0.05, 0.1) is 22.8 Å². The smallest absolute Gasteiger partial charge is 0.323 e. The number of rotatable bonds is 3. The summed E-state index contributed by atoms with van der Waals surface area (Å²) >= 11 is 0. The Morgan fingerprint density at radius 1 is 1.19 bits per heavy atom. The number of urea groups is 1. The summed E-state index contributed by atoms with van der Waals surface area (Å²) in [4.78, 5) is 18.4. The third kappa shape index (κ3) is 3.31. The van der Waals surface area contributed by atoms with E-state index in [1.54, 1.807) is 0 Å². The van der Waals surface area contributed by atoms with Crippen molar-refractivity contribution >= 4 is 23.2 Å². The van der Waals surface area contributed by atoms with E-state index in [2.05, 4.69) is 25.8 Å². The Morgan fingerprint density at radius 3 is 2.48 bits per heavy atom. The molecule has 2 heterocycles. The summed E-state index contributed by atoms with van der Waals surface area (Å²) in [6.45, 7) is 5.60. The van der Waals surface area contributed by atoms with Gasteiger partial charge in [-0.05, 0) is 32.9 Å². The SMILES string of the molecule is Cc1ccc(NC(=O)Nc2c(C)n[nH]c2C)c(N(C)C)n1. The molecule has 3 N–H and O–H groups in total. The molecule has 7 heteroatoms. The van der Waals surface area contributed by atoms with Gasteiger partial charge >= 0.3 is 6.03 Å². The van der Waals surface area contributed by atoms with Crippen LogP contribution in [-0.2, 0) is 0 Å². The van der Waals surface area contributed by atoms with Gasteiger partial charge in [-0.3, -0.25) is 5.10 Å². The Morgan fingerprint density at radius 2 is 1.90 bits per heavy atom. The van der Waals surface area contributed by atoms with Gasteiger partial charge in [-0.15, -0.1) is 0 Å². The second-order valence-electron chi connectivity index (χ2n) is 5.11. The van der Waals surface area contributed by atoms with Crippen LogP contribution in [0.25, 0.3) is 0 Å². The van der Waals surface area contributed by atoms with E-state index >= 15 is 0 Å². The summed E-state index contributed by atoms with van der Waals surface area (Å²) in [6, 6.07) is 3.37. The van der Waals surface area contributed by atoms with Crippen LogP contribution in [0.15, 0.2) is 12.1 Å². The van der Waals surface area contributed by atoms with Crippen LogP contribution in [0.3, 0.4) is 0 Å². The molecule has 0 bridgehead atoms. The second-order valence-corrected chi connectivity index (χ2v) is 5.11. The van der Waals surface area contributed by atoms with Crippen LogP contribution < -0.4 is 15.5 Å². The topological polar surface area (TPSA) is 85.9 Å². The number of carbonyl (C=O) groups excluding carboxylic acids is 1. The lowest BCUT2D eigenvalue weighted by Crippen LogP contribution is -2.22. The molecular weight excluding hydrogens is 268 g/mol. The molecule has 112 valence electrons. The Hall–Kier alpha value is -2.57. The van der Waals surface area contributed by atoms with Gasteiger partial charge < -0.3 is 15.5 Å². The van der Waals surface area contributed by atoms with E-state index in [1.807, 2.05) is 51.9 Å². The summed E-state index contributed by atoms with van der Waals surface area (Å²) < 4.78 is 0. The van der Waals surface area contributed by atoms with Gasteiger partial charge in [0.2, 0.25) is 0 Å². The number of anilines is 3. The molecule has 0 unspecified atom stereocenters. The lowest BCUT2D eigenvalue weighted by Gasteiger charge is -2.17. The van der Waals surface area contributed by atoms with Crippen molar-refractivity contribution in [2.75, 3.05) is 29.6 Å². The van der Waals surface area contributed by atoms with Crippen LogP contribution in [0.4, 0.5) is 22.0 Å². The lowest BCUT2D eigenvalue weighted by atomic mass is 10.3. The van der Waals surface area contributed by atoms with Crippen molar-refractivity contribution in [1.29, 1.82) is 0 Å². The van der Waals surface area contributed by atoms with Crippen LogP contribution in [0.2, 0.25) is 0 Å². The van der Waals surface area contributed by atoms with E-state index in [0.29, 0.717) is 17.2 Å². The van der Waals surface area contributed by atoms with E-state index in [9.17, 15) is 4.79 Å². The summed E-state index contributed by atoms with van der Waals surface area (Å²) in [6.07, 6.45) is 0. The van der Waals surface area contributed by atoms with E-state index in [-0.39, 0.29) is 6.03 Å². The van der Waals surface area contributed by atoms with Crippen molar-refractivity contribution in [2.45, 2.75) is 20.8 Å². The van der Waals surface area contributed by atoms with Crippen molar-refractivity contribution in [3.05, 3.63) is 29.2 Å². The van der Waals surface area contributed by atoms with E-state index in [4.69, 9.17) is 0 Å². The first kappa shape index (κ1) is 14.8. The minimum atomic E-state index is -0.323. The molecule has 7 nitrogen and oxygen atoms in total. The zero-order valence-electron chi connectivity index (χ0n) is 12.9. The van der Waals surface area contributed by atoms with E-state index in [0.717, 1.165) is 17.1 Å². The molecule has 0 aliphatic rings. The highest BCUT2D eigenvalue weighted by atomic mass is 16.2. The highest BCUT2D eigenvalue weighted by molar-refractivity contribution is 6.02. The number of amides is 2. The number of hydrogen-bond acceptors (Lipinski definition) is 4.